The Balaban J connectivity index is 1.93. The molecule has 1 heterocycles. The van der Waals surface area contributed by atoms with Crippen LogP contribution in [-0.4, -0.2) is 9.78 Å². The van der Waals surface area contributed by atoms with E-state index in [0.717, 1.165) is 27.1 Å². The molecule has 1 N–H and O–H groups in total. The Bertz CT molecular complexity index is 813. The van der Waals surface area contributed by atoms with Crippen LogP contribution in [0, 0.1) is 5.82 Å². The average Bonchev–Trinajstić information content (AvgIpc) is 2.82. The molecule has 0 aliphatic heterocycles. The number of hydrogen-bond acceptors (Lipinski definition) is 2. The van der Waals surface area contributed by atoms with Gasteiger partial charge in [0, 0.05) is 24.0 Å². The zero-order valence-corrected chi connectivity index (χ0v) is 14.0. The smallest absolute Gasteiger partial charge is 0.141 e. The van der Waals surface area contributed by atoms with E-state index >= 15 is 0 Å². The number of nitrogens with zero attached hydrogens (tertiary/aromatic N) is 2. The maximum Gasteiger partial charge on any atom is 0.141 e. The maximum atomic E-state index is 13.2. The number of halogens is 3. The number of hydrogen-bond donors (Lipinski definition) is 1. The Labute approximate surface area is 140 Å². The summed E-state index contributed by atoms with van der Waals surface area (Å²) in [7, 11) is 1.89. The van der Waals surface area contributed by atoms with Gasteiger partial charge in [-0.15, -0.1) is 0 Å². The maximum absolute atomic E-state index is 13.2. The first-order chi connectivity index (χ1) is 10.5. The van der Waals surface area contributed by atoms with Gasteiger partial charge in [0.15, 0.2) is 0 Å². The molecule has 3 aromatic rings. The summed E-state index contributed by atoms with van der Waals surface area (Å²) in [6.45, 7) is 0. The minimum absolute atomic E-state index is 0.0931. The molecule has 0 saturated carbocycles. The van der Waals surface area contributed by atoms with Gasteiger partial charge < -0.3 is 5.32 Å². The van der Waals surface area contributed by atoms with Gasteiger partial charge >= 0.3 is 0 Å². The van der Waals surface area contributed by atoms with Crippen LogP contribution >= 0.6 is 27.5 Å². The number of benzene rings is 2. The standard InChI is InChI=1S/C16H12BrClFN3/c1-22-16(13(17)9-20-22)10-3-2-4-11(7-10)21-12-5-6-15(19)14(18)8-12/h2-9,21H,1H3. The van der Waals surface area contributed by atoms with Crippen LogP contribution in [0.4, 0.5) is 15.8 Å². The van der Waals surface area contributed by atoms with Gasteiger partial charge in [-0.3, -0.25) is 4.68 Å². The summed E-state index contributed by atoms with van der Waals surface area (Å²) in [6.07, 6.45) is 1.76. The van der Waals surface area contributed by atoms with Gasteiger partial charge in [0.05, 0.1) is 21.4 Å². The first kappa shape index (κ1) is 15.1. The molecule has 0 aliphatic carbocycles. The van der Waals surface area contributed by atoms with Crippen molar-refractivity contribution in [1.82, 2.24) is 9.78 Å². The number of aryl methyl sites for hydroxylation is 1. The highest BCUT2D eigenvalue weighted by Crippen LogP contribution is 2.30. The fourth-order valence-electron chi connectivity index (χ4n) is 2.22. The average molecular weight is 381 g/mol. The van der Waals surface area contributed by atoms with Gasteiger partial charge in [0.2, 0.25) is 0 Å². The van der Waals surface area contributed by atoms with Crippen LogP contribution in [0.2, 0.25) is 5.02 Å². The highest BCUT2D eigenvalue weighted by atomic mass is 79.9. The summed E-state index contributed by atoms with van der Waals surface area (Å²) >= 11 is 9.30. The predicted molar refractivity (Wildman–Crippen MR) is 91.0 cm³/mol. The van der Waals surface area contributed by atoms with Crippen LogP contribution < -0.4 is 5.32 Å². The zero-order valence-electron chi connectivity index (χ0n) is 11.6. The van der Waals surface area contributed by atoms with Crippen molar-refractivity contribution in [3.8, 4) is 11.3 Å². The van der Waals surface area contributed by atoms with Crippen LogP contribution in [0.1, 0.15) is 0 Å². The van der Waals surface area contributed by atoms with Crippen molar-refractivity contribution >= 4 is 38.9 Å². The third-order valence-corrected chi connectivity index (χ3v) is 4.11. The number of rotatable bonds is 3. The second-order valence-corrected chi connectivity index (χ2v) is 6.06. The molecule has 1 aromatic heterocycles. The van der Waals surface area contributed by atoms with Crippen molar-refractivity contribution in [3.05, 3.63) is 64.0 Å². The molecule has 0 aliphatic rings. The van der Waals surface area contributed by atoms with Gasteiger partial charge in [0.25, 0.3) is 0 Å². The minimum Gasteiger partial charge on any atom is -0.355 e. The van der Waals surface area contributed by atoms with Crippen LogP contribution in [0.5, 0.6) is 0 Å². The molecule has 3 nitrogen and oxygen atoms in total. The third-order valence-electron chi connectivity index (χ3n) is 3.24. The van der Waals surface area contributed by atoms with Crippen molar-refractivity contribution in [2.24, 2.45) is 7.05 Å². The summed E-state index contributed by atoms with van der Waals surface area (Å²) in [5.41, 5.74) is 3.62. The van der Waals surface area contributed by atoms with Crippen molar-refractivity contribution in [3.63, 3.8) is 0 Å². The first-order valence-electron chi connectivity index (χ1n) is 6.54. The monoisotopic (exact) mass is 379 g/mol. The van der Waals surface area contributed by atoms with E-state index in [1.54, 1.807) is 23.0 Å². The molecule has 0 atom stereocenters. The molecule has 0 spiro atoms. The zero-order chi connectivity index (χ0) is 15.7. The molecule has 0 bridgehead atoms. The van der Waals surface area contributed by atoms with E-state index in [2.05, 4.69) is 26.3 Å². The highest BCUT2D eigenvalue weighted by molar-refractivity contribution is 9.10. The van der Waals surface area contributed by atoms with Gasteiger partial charge in [-0.1, -0.05) is 23.7 Å². The summed E-state index contributed by atoms with van der Waals surface area (Å²) in [5.74, 6) is -0.431. The molecule has 3 rings (SSSR count). The summed E-state index contributed by atoms with van der Waals surface area (Å²) in [6, 6.07) is 12.4. The molecule has 0 radical (unpaired) electrons. The molecular formula is C16H12BrClFN3. The molecule has 0 saturated heterocycles. The first-order valence-corrected chi connectivity index (χ1v) is 7.72. The lowest BCUT2D eigenvalue weighted by molar-refractivity contribution is 0.628. The van der Waals surface area contributed by atoms with Gasteiger partial charge in [-0.25, -0.2) is 4.39 Å². The van der Waals surface area contributed by atoms with E-state index in [1.165, 1.54) is 6.07 Å². The normalized spacial score (nSPS) is 10.7. The SMILES string of the molecule is Cn1ncc(Br)c1-c1cccc(Nc2ccc(F)c(Cl)c2)c1. The van der Waals surface area contributed by atoms with Crippen LogP contribution in [0.25, 0.3) is 11.3 Å². The van der Waals surface area contributed by atoms with Crippen LogP contribution in [0.15, 0.2) is 53.1 Å². The van der Waals surface area contributed by atoms with E-state index in [0.29, 0.717) is 0 Å². The fourth-order valence-corrected chi connectivity index (χ4v) is 2.98. The lowest BCUT2D eigenvalue weighted by Gasteiger charge is -2.10. The molecular weight excluding hydrogens is 369 g/mol. The van der Waals surface area contributed by atoms with E-state index in [9.17, 15) is 4.39 Å². The number of anilines is 2. The molecule has 2 aromatic carbocycles. The molecule has 0 fully saturated rings. The molecule has 6 heteroatoms. The lowest BCUT2D eigenvalue weighted by Crippen LogP contribution is -1.95. The second kappa shape index (κ2) is 6.10. The Kier molecular flexibility index (Phi) is 4.18. The highest BCUT2D eigenvalue weighted by Gasteiger charge is 2.09. The summed E-state index contributed by atoms with van der Waals surface area (Å²) < 4.78 is 15.9. The van der Waals surface area contributed by atoms with Crippen molar-refractivity contribution in [1.29, 1.82) is 0 Å². The number of aromatic nitrogens is 2. The van der Waals surface area contributed by atoms with Gasteiger partial charge in [0.1, 0.15) is 5.82 Å². The van der Waals surface area contributed by atoms with Crippen molar-refractivity contribution < 1.29 is 4.39 Å². The van der Waals surface area contributed by atoms with E-state index in [4.69, 9.17) is 11.6 Å². The van der Waals surface area contributed by atoms with Crippen LogP contribution in [-0.2, 0) is 7.05 Å². The largest absolute Gasteiger partial charge is 0.355 e. The van der Waals surface area contributed by atoms with Crippen molar-refractivity contribution in [2.75, 3.05) is 5.32 Å². The van der Waals surface area contributed by atoms with Crippen LogP contribution in [0.3, 0.4) is 0 Å². The third kappa shape index (κ3) is 3.00. The minimum atomic E-state index is -0.431. The Morgan fingerprint density at radius 2 is 1.95 bits per heavy atom. The molecule has 0 unspecified atom stereocenters. The quantitative estimate of drug-likeness (QED) is 0.660. The van der Waals surface area contributed by atoms with E-state index < -0.39 is 5.82 Å². The summed E-state index contributed by atoms with van der Waals surface area (Å²) in [4.78, 5) is 0. The summed E-state index contributed by atoms with van der Waals surface area (Å²) in [5, 5.41) is 7.53. The lowest BCUT2D eigenvalue weighted by atomic mass is 10.1. The molecule has 0 amide bonds. The number of nitrogens with one attached hydrogen (secondary N) is 1. The van der Waals surface area contributed by atoms with Gasteiger partial charge in [-0.05, 0) is 46.3 Å². The van der Waals surface area contributed by atoms with E-state index in [1.807, 2.05) is 31.3 Å². The van der Waals surface area contributed by atoms with E-state index in [-0.39, 0.29) is 5.02 Å². The Hall–Kier alpha value is -1.85. The predicted octanol–water partition coefficient (Wildman–Crippen LogP) is 5.39. The van der Waals surface area contributed by atoms with Crippen molar-refractivity contribution in [2.45, 2.75) is 0 Å². The topological polar surface area (TPSA) is 29.9 Å². The second-order valence-electron chi connectivity index (χ2n) is 4.80. The Morgan fingerprint density at radius 3 is 2.64 bits per heavy atom. The molecule has 112 valence electrons. The fraction of sp³-hybridized carbons (Fsp3) is 0.0625. The van der Waals surface area contributed by atoms with Gasteiger partial charge in [-0.2, -0.15) is 5.10 Å². The Morgan fingerprint density at radius 1 is 1.18 bits per heavy atom. The molecule has 22 heavy (non-hydrogen) atoms.